The molecule has 0 aromatic heterocycles. The number of rotatable bonds is 3. The Morgan fingerprint density at radius 3 is 2.88 bits per heavy atom. The van der Waals surface area contributed by atoms with Crippen molar-refractivity contribution in [2.24, 2.45) is 0 Å². The molecule has 46 valence electrons. The predicted molar refractivity (Wildman–Crippen MR) is 35.6 cm³/mol. The Hall–Kier alpha value is -0.460. The third-order valence-corrected chi connectivity index (χ3v) is 1.24. The smallest absolute Gasteiger partial charge is 0.0138 e. The number of hydrogen-bond donors (Lipinski definition) is 1. The van der Waals surface area contributed by atoms with Gasteiger partial charge in [-0.25, -0.2) is 0 Å². The second-order valence-electron chi connectivity index (χ2n) is 2.26. The zero-order valence-corrected chi connectivity index (χ0v) is 5.41. The molecule has 0 aromatic rings. The minimum Gasteiger partial charge on any atom is -0.391 e. The molecule has 0 unspecified atom stereocenters. The molecule has 1 rings (SSSR count). The lowest BCUT2D eigenvalue weighted by atomic mass is 10.5. The van der Waals surface area contributed by atoms with E-state index in [0.717, 1.165) is 6.54 Å². The lowest BCUT2D eigenvalue weighted by molar-refractivity contribution is 0.807. The van der Waals surface area contributed by atoms with Crippen molar-refractivity contribution in [2.75, 3.05) is 6.54 Å². The van der Waals surface area contributed by atoms with Crippen molar-refractivity contribution in [3.8, 4) is 0 Å². The van der Waals surface area contributed by atoms with Gasteiger partial charge in [0.2, 0.25) is 0 Å². The summed E-state index contributed by atoms with van der Waals surface area (Å²) in [5.41, 5.74) is 1.58. The van der Waals surface area contributed by atoms with E-state index >= 15 is 0 Å². The van der Waals surface area contributed by atoms with Gasteiger partial charge in [-0.15, -0.1) is 0 Å². The average molecular weight is 111 g/mol. The number of hydrogen-bond acceptors (Lipinski definition) is 1. The van der Waals surface area contributed by atoms with Crippen LogP contribution in [0.3, 0.4) is 0 Å². The Morgan fingerprint density at radius 1 is 1.62 bits per heavy atom. The highest BCUT2D eigenvalue weighted by Crippen LogP contribution is 2.26. The molecule has 0 radical (unpaired) electrons. The van der Waals surface area contributed by atoms with Crippen LogP contribution in [0.2, 0.25) is 0 Å². The fourth-order valence-corrected chi connectivity index (χ4v) is 0.577. The molecular formula is C7H13N. The van der Waals surface area contributed by atoms with Gasteiger partial charge in [0.05, 0.1) is 0 Å². The average Bonchev–Trinajstić information content (AvgIpc) is 2.51. The van der Waals surface area contributed by atoms with Gasteiger partial charge in [-0.05, 0) is 25.5 Å². The summed E-state index contributed by atoms with van der Waals surface area (Å²) in [5, 5.41) is 3.23. The van der Waals surface area contributed by atoms with Gasteiger partial charge in [0.25, 0.3) is 0 Å². The Kier molecular flexibility index (Phi) is 1.95. The lowest BCUT2D eigenvalue weighted by Crippen LogP contribution is -2.04. The predicted octanol–water partition coefficient (Wildman–Crippen LogP) is 1.66. The van der Waals surface area contributed by atoms with Gasteiger partial charge < -0.3 is 5.32 Å². The lowest BCUT2D eigenvalue weighted by Gasteiger charge is -1.91. The minimum absolute atomic E-state index is 1.13. The third kappa shape index (κ3) is 2.01. The molecule has 1 aliphatic rings. The van der Waals surface area contributed by atoms with Crippen LogP contribution in [0.25, 0.3) is 0 Å². The zero-order chi connectivity index (χ0) is 5.82. The first-order valence-electron chi connectivity index (χ1n) is 3.35. The molecule has 0 atom stereocenters. The second-order valence-corrected chi connectivity index (χ2v) is 2.26. The largest absolute Gasteiger partial charge is 0.391 e. The fraction of sp³-hybridized carbons (Fsp3) is 0.714. The molecule has 1 heteroatoms. The molecule has 0 spiro atoms. The fourth-order valence-electron chi connectivity index (χ4n) is 0.577. The van der Waals surface area contributed by atoms with Crippen LogP contribution in [-0.4, -0.2) is 6.54 Å². The molecular weight excluding hydrogens is 98.1 g/mol. The van der Waals surface area contributed by atoms with Crippen LogP contribution in [0.15, 0.2) is 11.8 Å². The molecule has 0 amide bonds. The normalized spacial score (nSPS) is 15.9. The van der Waals surface area contributed by atoms with E-state index in [0.29, 0.717) is 0 Å². The van der Waals surface area contributed by atoms with Gasteiger partial charge in [0.1, 0.15) is 0 Å². The maximum atomic E-state index is 3.23. The monoisotopic (exact) mass is 111 g/mol. The van der Waals surface area contributed by atoms with E-state index < -0.39 is 0 Å². The third-order valence-electron chi connectivity index (χ3n) is 1.24. The van der Waals surface area contributed by atoms with Gasteiger partial charge in [-0.1, -0.05) is 12.5 Å². The summed E-state index contributed by atoms with van der Waals surface area (Å²) >= 11 is 0. The van der Waals surface area contributed by atoms with Crippen LogP contribution in [0, 0.1) is 0 Å². The minimum atomic E-state index is 1.13. The van der Waals surface area contributed by atoms with E-state index in [1.807, 2.05) is 0 Å². The van der Waals surface area contributed by atoms with Crippen LogP contribution in [0.5, 0.6) is 0 Å². The van der Waals surface area contributed by atoms with E-state index in [-0.39, 0.29) is 0 Å². The molecule has 0 bridgehead atoms. The molecule has 8 heavy (non-hydrogen) atoms. The van der Waals surface area contributed by atoms with Gasteiger partial charge >= 0.3 is 0 Å². The number of nitrogens with one attached hydrogen (secondary N) is 1. The molecule has 0 aromatic carbocycles. The van der Waals surface area contributed by atoms with Crippen molar-refractivity contribution in [3.63, 3.8) is 0 Å². The van der Waals surface area contributed by atoms with E-state index in [9.17, 15) is 0 Å². The maximum Gasteiger partial charge on any atom is 0.0138 e. The van der Waals surface area contributed by atoms with Crippen molar-refractivity contribution >= 4 is 0 Å². The molecule has 0 heterocycles. The summed E-state index contributed by atoms with van der Waals surface area (Å²) in [6.07, 6.45) is 6.04. The summed E-state index contributed by atoms with van der Waals surface area (Å²) in [6, 6.07) is 0. The van der Waals surface area contributed by atoms with Gasteiger partial charge in [-0.3, -0.25) is 0 Å². The van der Waals surface area contributed by atoms with E-state index in [4.69, 9.17) is 0 Å². The standard InChI is InChI=1S/C7H13N/c1-2-5-8-6-7-3-4-7/h6,8H,2-5H2,1H3. The first kappa shape index (κ1) is 5.67. The summed E-state index contributed by atoms with van der Waals surface area (Å²) in [5.74, 6) is 0. The topological polar surface area (TPSA) is 12.0 Å². The second kappa shape index (κ2) is 2.75. The summed E-state index contributed by atoms with van der Waals surface area (Å²) in [6.45, 7) is 3.31. The van der Waals surface area contributed by atoms with Crippen LogP contribution >= 0.6 is 0 Å². The Balaban J connectivity index is 1.95. The molecule has 0 saturated heterocycles. The quantitative estimate of drug-likeness (QED) is 0.546. The van der Waals surface area contributed by atoms with Crippen molar-refractivity contribution in [3.05, 3.63) is 11.8 Å². The molecule has 1 saturated carbocycles. The summed E-state index contributed by atoms with van der Waals surface area (Å²) < 4.78 is 0. The van der Waals surface area contributed by atoms with E-state index in [1.54, 1.807) is 5.57 Å². The van der Waals surface area contributed by atoms with Crippen molar-refractivity contribution in [1.29, 1.82) is 0 Å². The zero-order valence-electron chi connectivity index (χ0n) is 5.41. The van der Waals surface area contributed by atoms with E-state index in [2.05, 4.69) is 18.4 Å². The van der Waals surface area contributed by atoms with Crippen LogP contribution in [0.4, 0.5) is 0 Å². The van der Waals surface area contributed by atoms with Crippen LogP contribution in [0.1, 0.15) is 26.2 Å². The summed E-state index contributed by atoms with van der Waals surface area (Å²) in [7, 11) is 0. The van der Waals surface area contributed by atoms with Crippen LogP contribution in [-0.2, 0) is 0 Å². The number of allylic oxidation sites excluding steroid dienone is 1. The van der Waals surface area contributed by atoms with Gasteiger partial charge in [0.15, 0.2) is 0 Å². The molecule has 1 aliphatic carbocycles. The van der Waals surface area contributed by atoms with Crippen molar-refractivity contribution in [1.82, 2.24) is 5.32 Å². The van der Waals surface area contributed by atoms with Crippen LogP contribution < -0.4 is 5.32 Å². The Morgan fingerprint density at radius 2 is 2.38 bits per heavy atom. The first-order valence-corrected chi connectivity index (χ1v) is 3.35. The maximum absolute atomic E-state index is 3.23. The molecule has 1 fully saturated rings. The van der Waals surface area contributed by atoms with Crippen molar-refractivity contribution < 1.29 is 0 Å². The highest BCUT2D eigenvalue weighted by atomic mass is 14.8. The highest BCUT2D eigenvalue weighted by Gasteiger charge is 2.08. The van der Waals surface area contributed by atoms with Crippen molar-refractivity contribution in [2.45, 2.75) is 26.2 Å². The molecule has 0 aliphatic heterocycles. The molecule has 1 nitrogen and oxygen atoms in total. The van der Waals surface area contributed by atoms with Gasteiger partial charge in [-0.2, -0.15) is 0 Å². The van der Waals surface area contributed by atoms with Gasteiger partial charge in [0, 0.05) is 6.54 Å². The van der Waals surface area contributed by atoms with E-state index in [1.165, 1.54) is 19.3 Å². The Labute approximate surface area is 50.8 Å². The Bertz CT molecular complexity index is 88.6. The highest BCUT2D eigenvalue weighted by molar-refractivity contribution is 5.14. The molecule has 1 N–H and O–H groups in total. The SMILES string of the molecule is CCCNC=C1CC1. The summed E-state index contributed by atoms with van der Waals surface area (Å²) in [4.78, 5) is 0. The first-order chi connectivity index (χ1) is 3.93.